The second kappa shape index (κ2) is 8.25. The fourth-order valence-electron chi connectivity index (χ4n) is 2.69. The molecule has 0 bridgehead atoms. The number of hydrogen-bond donors (Lipinski definition) is 1. The third-order valence-electron chi connectivity index (χ3n) is 3.50. The molecule has 0 aromatic carbocycles. The Balaban J connectivity index is 4.09. The number of nitrogens with one attached hydrogen (secondary N) is 1. The van der Waals surface area contributed by atoms with Gasteiger partial charge in [-0.15, -0.1) is 0 Å². The first-order chi connectivity index (χ1) is 8.59. The van der Waals surface area contributed by atoms with E-state index in [2.05, 4.69) is 33.0 Å². The highest BCUT2D eigenvalue weighted by Gasteiger charge is 2.18. The summed E-state index contributed by atoms with van der Waals surface area (Å²) in [6.07, 6.45) is 4.05. The lowest BCUT2D eigenvalue weighted by molar-refractivity contribution is 0.274. The highest BCUT2D eigenvalue weighted by molar-refractivity contribution is 7.91. The van der Waals surface area contributed by atoms with E-state index in [4.69, 9.17) is 0 Å². The second-order valence-corrected chi connectivity index (χ2v) is 9.44. The Kier molecular flexibility index (Phi) is 8.21. The van der Waals surface area contributed by atoms with E-state index in [1.807, 2.05) is 7.05 Å². The normalized spacial score (nSPS) is 16.3. The van der Waals surface area contributed by atoms with Crippen molar-refractivity contribution in [2.24, 2.45) is 11.3 Å². The molecule has 1 N–H and O–H groups in total. The number of sulfone groups is 1. The van der Waals surface area contributed by atoms with E-state index in [0.29, 0.717) is 23.1 Å². The van der Waals surface area contributed by atoms with E-state index in [0.717, 1.165) is 19.3 Å². The molecule has 116 valence electrons. The summed E-state index contributed by atoms with van der Waals surface area (Å²) in [6, 6.07) is 0.435. The fraction of sp³-hybridized carbons (Fsp3) is 1.00. The molecule has 0 aliphatic heterocycles. The Hall–Kier alpha value is -0.0900. The van der Waals surface area contributed by atoms with E-state index in [9.17, 15) is 8.42 Å². The quantitative estimate of drug-likeness (QED) is 0.709. The Morgan fingerprint density at radius 3 is 2.21 bits per heavy atom. The summed E-state index contributed by atoms with van der Waals surface area (Å²) in [5, 5.41) is 3.33. The lowest BCUT2D eigenvalue weighted by Crippen LogP contribution is -2.29. The average Bonchev–Trinajstić information content (AvgIpc) is 2.25. The van der Waals surface area contributed by atoms with E-state index in [1.165, 1.54) is 6.42 Å². The Morgan fingerprint density at radius 2 is 1.79 bits per heavy atom. The van der Waals surface area contributed by atoms with E-state index < -0.39 is 9.84 Å². The molecule has 0 spiro atoms. The SMILES string of the molecule is CCS(=O)(=O)CCCC(CC(C)CC(C)(C)C)NC. The summed E-state index contributed by atoms with van der Waals surface area (Å²) in [5.74, 6) is 1.26. The Morgan fingerprint density at radius 1 is 1.21 bits per heavy atom. The molecule has 0 aromatic heterocycles. The molecule has 2 atom stereocenters. The van der Waals surface area contributed by atoms with Crippen LogP contribution in [0.3, 0.4) is 0 Å². The molecule has 0 saturated carbocycles. The average molecular weight is 292 g/mol. The summed E-state index contributed by atoms with van der Waals surface area (Å²) in [4.78, 5) is 0. The highest BCUT2D eigenvalue weighted by atomic mass is 32.2. The van der Waals surface area contributed by atoms with Crippen LogP contribution < -0.4 is 5.32 Å². The number of hydrogen-bond acceptors (Lipinski definition) is 3. The summed E-state index contributed by atoms with van der Waals surface area (Å²) >= 11 is 0. The molecule has 19 heavy (non-hydrogen) atoms. The van der Waals surface area contributed by atoms with Gasteiger partial charge in [0.2, 0.25) is 0 Å². The van der Waals surface area contributed by atoms with Gasteiger partial charge in [-0.3, -0.25) is 0 Å². The Bertz CT molecular complexity index is 331. The third-order valence-corrected chi connectivity index (χ3v) is 5.29. The maximum absolute atomic E-state index is 11.5. The zero-order valence-corrected chi connectivity index (χ0v) is 14.4. The minimum absolute atomic E-state index is 0.262. The largest absolute Gasteiger partial charge is 0.317 e. The molecule has 0 saturated heterocycles. The predicted octanol–water partition coefficient (Wildman–Crippen LogP) is 3.25. The van der Waals surface area contributed by atoms with Gasteiger partial charge in [-0.05, 0) is 44.1 Å². The van der Waals surface area contributed by atoms with Gasteiger partial charge in [-0.25, -0.2) is 8.42 Å². The summed E-state index contributed by atoms with van der Waals surface area (Å²) in [6.45, 7) is 10.8. The van der Waals surface area contributed by atoms with Gasteiger partial charge in [-0.2, -0.15) is 0 Å². The monoisotopic (exact) mass is 291 g/mol. The van der Waals surface area contributed by atoms with Crippen molar-refractivity contribution in [3.05, 3.63) is 0 Å². The lowest BCUT2D eigenvalue weighted by atomic mass is 9.82. The van der Waals surface area contributed by atoms with Crippen molar-refractivity contribution in [3.63, 3.8) is 0 Å². The van der Waals surface area contributed by atoms with Crippen molar-refractivity contribution in [2.45, 2.75) is 66.3 Å². The lowest BCUT2D eigenvalue weighted by Gasteiger charge is -2.26. The molecule has 0 rings (SSSR count). The molecule has 3 nitrogen and oxygen atoms in total. The van der Waals surface area contributed by atoms with Crippen LogP contribution in [0.2, 0.25) is 0 Å². The van der Waals surface area contributed by atoms with Crippen LogP contribution >= 0.6 is 0 Å². The molecule has 0 amide bonds. The molecule has 2 unspecified atom stereocenters. The highest BCUT2D eigenvalue weighted by Crippen LogP contribution is 2.27. The fourth-order valence-corrected chi connectivity index (χ4v) is 3.58. The van der Waals surface area contributed by atoms with Gasteiger partial charge in [0, 0.05) is 11.8 Å². The van der Waals surface area contributed by atoms with Crippen molar-refractivity contribution >= 4 is 9.84 Å². The topological polar surface area (TPSA) is 46.2 Å². The first-order valence-electron chi connectivity index (χ1n) is 7.47. The van der Waals surface area contributed by atoms with Crippen LogP contribution in [0.1, 0.15) is 60.3 Å². The van der Waals surface area contributed by atoms with Crippen molar-refractivity contribution in [2.75, 3.05) is 18.6 Å². The first-order valence-corrected chi connectivity index (χ1v) is 9.29. The van der Waals surface area contributed by atoms with Crippen molar-refractivity contribution in [1.82, 2.24) is 5.32 Å². The van der Waals surface area contributed by atoms with Crippen LogP contribution in [0.15, 0.2) is 0 Å². The van der Waals surface area contributed by atoms with E-state index >= 15 is 0 Å². The van der Waals surface area contributed by atoms with Gasteiger partial charge in [0.1, 0.15) is 9.84 Å². The van der Waals surface area contributed by atoms with Gasteiger partial charge in [0.05, 0.1) is 5.75 Å². The maximum atomic E-state index is 11.5. The zero-order chi connectivity index (χ0) is 15.1. The van der Waals surface area contributed by atoms with Crippen molar-refractivity contribution in [1.29, 1.82) is 0 Å². The molecule has 0 radical (unpaired) electrons. The first kappa shape index (κ1) is 18.9. The number of rotatable bonds is 9. The van der Waals surface area contributed by atoms with E-state index in [-0.39, 0.29) is 5.75 Å². The minimum atomic E-state index is -2.81. The Labute approximate surface area is 120 Å². The van der Waals surface area contributed by atoms with Gasteiger partial charge in [-0.1, -0.05) is 34.6 Å². The molecular weight excluding hydrogens is 258 g/mol. The van der Waals surface area contributed by atoms with Gasteiger partial charge in [0.15, 0.2) is 0 Å². The van der Waals surface area contributed by atoms with Crippen LogP contribution in [0.5, 0.6) is 0 Å². The smallest absolute Gasteiger partial charge is 0.150 e. The van der Waals surface area contributed by atoms with Crippen molar-refractivity contribution in [3.8, 4) is 0 Å². The minimum Gasteiger partial charge on any atom is -0.317 e. The van der Waals surface area contributed by atoms with Crippen LogP contribution in [-0.4, -0.2) is 33.0 Å². The molecule has 0 aliphatic rings. The molecule has 0 aliphatic carbocycles. The van der Waals surface area contributed by atoms with Gasteiger partial charge < -0.3 is 5.32 Å². The maximum Gasteiger partial charge on any atom is 0.150 e. The zero-order valence-electron chi connectivity index (χ0n) is 13.6. The molecular formula is C15H33NO2S. The van der Waals surface area contributed by atoms with Crippen LogP contribution in [0.4, 0.5) is 0 Å². The van der Waals surface area contributed by atoms with Gasteiger partial charge in [0.25, 0.3) is 0 Å². The van der Waals surface area contributed by atoms with Crippen LogP contribution in [-0.2, 0) is 9.84 Å². The summed E-state index contributed by atoms with van der Waals surface area (Å²) in [7, 11) is -0.833. The molecule has 0 fully saturated rings. The third kappa shape index (κ3) is 10.4. The molecule has 0 heterocycles. The van der Waals surface area contributed by atoms with Gasteiger partial charge >= 0.3 is 0 Å². The molecule has 0 aromatic rings. The van der Waals surface area contributed by atoms with Crippen LogP contribution in [0, 0.1) is 11.3 Å². The van der Waals surface area contributed by atoms with E-state index in [1.54, 1.807) is 6.92 Å². The second-order valence-electron chi connectivity index (χ2n) is 6.97. The predicted molar refractivity (Wildman–Crippen MR) is 84.3 cm³/mol. The standard InChI is InChI=1S/C15H33NO2S/c1-7-19(17,18)10-8-9-14(16-6)11-13(2)12-15(3,4)5/h13-14,16H,7-12H2,1-6H3. The van der Waals surface area contributed by atoms with Crippen LogP contribution in [0.25, 0.3) is 0 Å². The summed E-state index contributed by atoms with van der Waals surface area (Å²) < 4.78 is 22.9. The summed E-state index contributed by atoms with van der Waals surface area (Å²) in [5.41, 5.74) is 0.364. The molecule has 4 heteroatoms. The van der Waals surface area contributed by atoms with Crippen molar-refractivity contribution < 1.29 is 8.42 Å².